The Balaban J connectivity index is 1.75. The molecule has 1 saturated heterocycles. The highest BCUT2D eigenvalue weighted by Crippen LogP contribution is 2.36. The van der Waals surface area contributed by atoms with E-state index in [0.717, 1.165) is 28.7 Å². The van der Waals surface area contributed by atoms with E-state index in [1.54, 1.807) is 17.3 Å². The van der Waals surface area contributed by atoms with Gasteiger partial charge in [-0.15, -0.1) is 11.3 Å². The molecule has 2 unspecified atom stereocenters. The number of piperazine rings is 1. The monoisotopic (exact) mass is 301 g/mol. The predicted octanol–water partition coefficient (Wildman–Crippen LogP) is 1.93. The van der Waals surface area contributed by atoms with E-state index in [1.807, 2.05) is 18.2 Å². The molecule has 2 aliphatic rings. The molecule has 4 rings (SSSR count). The number of benzene rings is 1. The van der Waals surface area contributed by atoms with E-state index in [9.17, 15) is 9.59 Å². The fourth-order valence-corrected chi connectivity index (χ4v) is 3.60. The zero-order chi connectivity index (χ0) is 14.6. The lowest BCUT2D eigenvalue weighted by Crippen LogP contribution is -2.63. The number of anilines is 1. The highest BCUT2D eigenvalue weighted by Gasteiger charge is 2.46. The van der Waals surface area contributed by atoms with Crippen molar-refractivity contribution in [2.45, 2.75) is 31.8 Å². The lowest BCUT2D eigenvalue weighted by Gasteiger charge is -2.37. The minimum Gasteiger partial charge on any atom is -0.342 e. The maximum atomic E-state index is 12.7. The fraction of sp³-hybridized carbons (Fsp3) is 0.400. The summed E-state index contributed by atoms with van der Waals surface area (Å²) in [5.74, 6) is 0.243. The Bertz CT molecular complexity index is 737. The van der Waals surface area contributed by atoms with Gasteiger partial charge in [0.05, 0.1) is 15.7 Å². The summed E-state index contributed by atoms with van der Waals surface area (Å²) in [6, 6.07) is 4.90. The average Bonchev–Trinajstić information content (AvgIpc) is 3.20. The number of fused-ring (bicyclic) bond motifs is 1. The van der Waals surface area contributed by atoms with Crippen LogP contribution in [0.2, 0.25) is 0 Å². The van der Waals surface area contributed by atoms with Gasteiger partial charge in [0.15, 0.2) is 0 Å². The molecule has 2 amide bonds. The van der Waals surface area contributed by atoms with Crippen LogP contribution in [0.3, 0.4) is 0 Å². The van der Waals surface area contributed by atoms with Crippen molar-refractivity contribution in [3.8, 4) is 0 Å². The Hall–Kier alpha value is -1.95. The molecular formula is C15H15N3O2S. The lowest BCUT2D eigenvalue weighted by atomic mass is 10.0. The number of nitrogens with one attached hydrogen (secondary N) is 1. The van der Waals surface area contributed by atoms with Crippen LogP contribution in [0.1, 0.15) is 19.8 Å². The number of hydrogen-bond acceptors (Lipinski definition) is 4. The minimum absolute atomic E-state index is 0.00784. The maximum Gasteiger partial charge on any atom is 0.250 e. The first-order valence-electron chi connectivity index (χ1n) is 7.12. The molecule has 21 heavy (non-hydrogen) atoms. The molecule has 0 bridgehead atoms. The second kappa shape index (κ2) is 4.53. The number of amides is 2. The molecule has 2 aromatic rings. The quantitative estimate of drug-likeness (QED) is 0.922. The molecule has 2 fully saturated rings. The first-order valence-corrected chi connectivity index (χ1v) is 8.00. The average molecular weight is 301 g/mol. The summed E-state index contributed by atoms with van der Waals surface area (Å²) in [5, 5.41) is 2.87. The second-order valence-corrected chi connectivity index (χ2v) is 6.60. The van der Waals surface area contributed by atoms with Crippen LogP contribution in [0.25, 0.3) is 10.2 Å². The molecule has 1 saturated carbocycles. The van der Waals surface area contributed by atoms with Gasteiger partial charge in [0, 0.05) is 5.69 Å². The van der Waals surface area contributed by atoms with Crippen LogP contribution in [-0.4, -0.2) is 28.9 Å². The number of hydrogen-bond donors (Lipinski definition) is 1. The molecule has 2 atom stereocenters. The molecule has 1 aliphatic carbocycles. The lowest BCUT2D eigenvalue weighted by molar-refractivity contribution is -0.133. The molecule has 2 heterocycles. The van der Waals surface area contributed by atoms with Gasteiger partial charge in [-0.05, 0) is 43.9 Å². The van der Waals surface area contributed by atoms with Crippen molar-refractivity contribution in [3.05, 3.63) is 23.7 Å². The van der Waals surface area contributed by atoms with Crippen LogP contribution in [0, 0.1) is 5.92 Å². The van der Waals surface area contributed by atoms with E-state index in [2.05, 4.69) is 10.3 Å². The van der Waals surface area contributed by atoms with Crippen LogP contribution in [-0.2, 0) is 9.59 Å². The summed E-state index contributed by atoms with van der Waals surface area (Å²) in [4.78, 5) is 30.8. The van der Waals surface area contributed by atoms with E-state index in [1.165, 1.54) is 11.3 Å². The minimum atomic E-state index is -0.474. The number of carbonyl (C=O) groups excluding carboxylic acids is 2. The zero-order valence-corrected chi connectivity index (χ0v) is 12.4. The van der Waals surface area contributed by atoms with Gasteiger partial charge >= 0.3 is 0 Å². The van der Waals surface area contributed by atoms with Crippen molar-refractivity contribution < 1.29 is 9.59 Å². The van der Waals surface area contributed by atoms with Gasteiger partial charge in [-0.25, -0.2) is 4.98 Å². The van der Waals surface area contributed by atoms with Crippen molar-refractivity contribution >= 4 is 39.1 Å². The first-order chi connectivity index (χ1) is 10.1. The summed E-state index contributed by atoms with van der Waals surface area (Å²) in [7, 11) is 0. The topological polar surface area (TPSA) is 62.3 Å². The third kappa shape index (κ3) is 2.01. The number of nitrogens with zero attached hydrogens (tertiary/aromatic N) is 2. The van der Waals surface area contributed by atoms with Gasteiger partial charge in [-0.3, -0.25) is 14.5 Å². The predicted molar refractivity (Wildman–Crippen MR) is 81.2 cm³/mol. The van der Waals surface area contributed by atoms with Gasteiger partial charge in [-0.2, -0.15) is 0 Å². The van der Waals surface area contributed by atoms with Gasteiger partial charge < -0.3 is 5.32 Å². The Labute approximate surface area is 126 Å². The molecule has 1 aromatic heterocycles. The Morgan fingerprint density at radius 2 is 2.14 bits per heavy atom. The summed E-state index contributed by atoms with van der Waals surface area (Å²) >= 11 is 1.54. The third-order valence-electron chi connectivity index (χ3n) is 4.25. The molecule has 0 spiro atoms. The number of aromatic nitrogens is 1. The smallest absolute Gasteiger partial charge is 0.250 e. The Morgan fingerprint density at radius 3 is 2.90 bits per heavy atom. The van der Waals surface area contributed by atoms with Crippen LogP contribution in [0.4, 0.5) is 5.69 Å². The molecule has 1 aliphatic heterocycles. The highest BCUT2D eigenvalue weighted by molar-refractivity contribution is 7.16. The largest absolute Gasteiger partial charge is 0.342 e. The summed E-state index contributed by atoms with van der Waals surface area (Å²) in [6.07, 6.45) is 2.04. The van der Waals surface area contributed by atoms with E-state index >= 15 is 0 Å². The second-order valence-electron chi connectivity index (χ2n) is 5.71. The summed E-state index contributed by atoms with van der Waals surface area (Å²) in [6.45, 7) is 1.77. The summed E-state index contributed by atoms with van der Waals surface area (Å²) in [5.41, 5.74) is 3.49. The number of rotatable bonds is 2. The first kappa shape index (κ1) is 12.8. The summed E-state index contributed by atoms with van der Waals surface area (Å²) < 4.78 is 1.03. The third-order valence-corrected chi connectivity index (χ3v) is 5.05. The van der Waals surface area contributed by atoms with Crippen molar-refractivity contribution in [3.63, 3.8) is 0 Å². The van der Waals surface area contributed by atoms with Crippen molar-refractivity contribution in [2.24, 2.45) is 5.92 Å². The molecule has 6 heteroatoms. The maximum absolute atomic E-state index is 12.7. The van der Waals surface area contributed by atoms with Crippen molar-refractivity contribution in [2.75, 3.05) is 4.90 Å². The fourth-order valence-electron chi connectivity index (χ4n) is 2.89. The van der Waals surface area contributed by atoms with E-state index < -0.39 is 6.04 Å². The van der Waals surface area contributed by atoms with Crippen molar-refractivity contribution in [1.82, 2.24) is 10.3 Å². The zero-order valence-electron chi connectivity index (χ0n) is 11.6. The standard InChI is InChI=1S/C15H15N3O2S/c1-8-14(19)17-13(9-2-3-9)15(20)18(8)10-4-5-11-12(6-10)21-7-16-11/h4-9,13H,2-3H2,1H3,(H,17,19). The van der Waals surface area contributed by atoms with Crippen LogP contribution < -0.4 is 10.2 Å². The van der Waals surface area contributed by atoms with Gasteiger partial charge in [0.1, 0.15) is 12.1 Å². The molecule has 1 aromatic carbocycles. The van der Waals surface area contributed by atoms with Crippen molar-refractivity contribution in [1.29, 1.82) is 0 Å². The Morgan fingerprint density at radius 1 is 1.33 bits per heavy atom. The molecule has 5 nitrogen and oxygen atoms in total. The molecule has 1 N–H and O–H groups in total. The van der Waals surface area contributed by atoms with Gasteiger partial charge in [0.2, 0.25) is 5.91 Å². The molecular weight excluding hydrogens is 286 g/mol. The normalized spacial score (nSPS) is 26.2. The van der Waals surface area contributed by atoms with E-state index in [-0.39, 0.29) is 17.9 Å². The van der Waals surface area contributed by atoms with E-state index in [0.29, 0.717) is 5.92 Å². The number of carbonyl (C=O) groups is 2. The Kier molecular flexibility index (Phi) is 2.75. The molecule has 0 radical (unpaired) electrons. The molecule has 108 valence electrons. The van der Waals surface area contributed by atoms with Gasteiger partial charge in [-0.1, -0.05) is 0 Å². The highest BCUT2D eigenvalue weighted by atomic mass is 32.1. The van der Waals surface area contributed by atoms with Crippen LogP contribution >= 0.6 is 11.3 Å². The van der Waals surface area contributed by atoms with Gasteiger partial charge in [0.25, 0.3) is 5.91 Å². The van der Waals surface area contributed by atoms with Crippen LogP contribution in [0.15, 0.2) is 23.7 Å². The number of thiazole rings is 1. The van der Waals surface area contributed by atoms with E-state index in [4.69, 9.17) is 0 Å². The van der Waals surface area contributed by atoms with Crippen LogP contribution in [0.5, 0.6) is 0 Å². The SMILES string of the molecule is CC1C(=O)NC(C2CC2)C(=O)N1c1ccc2ncsc2c1.